The van der Waals surface area contributed by atoms with Crippen LogP contribution in [0.15, 0.2) is 12.3 Å². The van der Waals surface area contributed by atoms with Crippen molar-refractivity contribution in [3.8, 4) is 0 Å². The highest BCUT2D eigenvalue weighted by Gasteiger charge is 2.19. The zero-order valence-corrected chi connectivity index (χ0v) is 8.71. The van der Waals surface area contributed by atoms with Gasteiger partial charge in [-0.1, -0.05) is 0 Å². The molecule has 0 aromatic rings. The van der Waals surface area contributed by atoms with Gasteiger partial charge in [0.05, 0.1) is 0 Å². The van der Waals surface area contributed by atoms with Crippen molar-refractivity contribution in [3.63, 3.8) is 0 Å². The molecule has 0 saturated heterocycles. The Kier molecular flexibility index (Phi) is 6.66. The molecule has 0 unspecified atom stereocenters. The number of hydrogen-bond donors (Lipinski definition) is 6. The second-order valence-corrected chi connectivity index (χ2v) is 4.01. The monoisotopic (exact) mass is 266 g/mol. The normalized spacial score (nSPS) is 11.0. The van der Waals surface area contributed by atoms with E-state index in [9.17, 15) is 9.36 Å². The number of rotatable bonds is 3. The highest BCUT2D eigenvalue weighted by molar-refractivity contribution is 7.46. The van der Waals surface area contributed by atoms with Crippen LogP contribution in [0.5, 0.6) is 0 Å². The summed E-state index contributed by atoms with van der Waals surface area (Å²) in [5, 5.41) is 7.98. The lowest BCUT2D eigenvalue weighted by molar-refractivity contribution is -0.135. The van der Waals surface area contributed by atoms with Crippen LogP contribution in [0, 0.1) is 0 Å². The Hall–Kier alpha value is -0.730. The highest BCUT2D eigenvalue weighted by Crippen LogP contribution is 2.38. The predicted molar refractivity (Wildman–Crippen MR) is 44.2 cm³/mol. The average molecular weight is 266 g/mol. The highest BCUT2D eigenvalue weighted by atomic mass is 31.2. The van der Waals surface area contributed by atoms with Gasteiger partial charge in [-0.05, 0) is 6.58 Å². The van der Waals surface area contributed by atoms with Crippen LogP contribution in [0.1, 0.15) is 0 Å². The number of phosphoric acid groups is 2. The molecule has 0 aliphatic carbocycles. The van der Waals surface area contributed by atoms with E-state index < -0.39 is 27.4 Å². The number of aliphatic carboxylic acids is 1. The molecule has 0 aromatic carbocycles. The second kappa shape index (κ2) is 5.99. The zero-order valence-electron chi connectivity index (χ0n) is 6.92. The molecule has 0 saturated carbocycles. The average Bonchev–Trinajstić information content (AvgIpc) is 1.78. The molecule has 90 valence electrons. The van der Waals surface area contributed by atoms with Gasteiger partial charge in [-0.2, -0.15) is 0 Å². The summed E-state index contributed by atoms with van der Waals surface area (Å²) in [6.45, 7) is 2.73. The fourth-order valence-electron chi connectivity index (χ4n) is 0.183. The maximum absolute atomic E-state index is 9.89. The van der Waals surface area contributed by atoms with Gasteiger partial charge < -0.3 is 24.3 Å². The van der Waals surface area contributed by atoms with Gasteiger partial charge in [0.25, 0.3) is 0 Å². The van der Waals surface area contributed by atoms with Gasteiger partial charge in [-0.25, -0.2) is 13.9 Å². The number of phosphoric ester groups is 1. The summed E-state index contributed by atoms with van der Waals surface area (Å²) < 4.78 is 22.3. The van der Waals surface area contributed by atoms with Crippen LogP contribution < -0.4 is 0 Å². The SMILES string of the molecule is C=C(OP(=O)(O)O)C(=O)O.O=P(O)(O)O. The third kappa shape index (κ3) is 24.6. The Morgan fingerprint density at radius 3 is 1.40 bits per heavy atom. The van der Waals surface area contributed by atoms with Crippen molar-refractivity contribution in [3.05, 3.63) is 12.3 Å². The number of hydrogen-bond acceptors (Lipinski definition) is 4. The van der Waals surface area contributed by atoms with E-state index in [1.54, 1.807) is 0 Å². The lowest BCUT2D eigenvalue weighted by Gasteiger charge is -2.03. The topological polar surface area (TPSA) is 182 Å². The molecule has 0 fully saturated rings. The maximum Gasteiger partial charge on any atom is 0.525 e. The minimum absolute atomic E-state index is 0.978. The summed E-state index contributed by atoms with van der Waals surface area (Å²) in [5.74, 6) is -2.59. The van der Waals surface area contributed by atoms with Crippen molar-refractivity contribution >= 4 is 21.6 Å². The summed E-state index contributed by atoms with van der Waals surface area (Å²) in [4.78, 5) is 47.4. The van der Waals surface area contributed by atoms with Crippen LogP contribution in [0.25, 0.3) is 0 Å². The van der Waals surface area contributed by atoms with Crippen LogP contribution in [-0.2, 0) is 18.4 Å². The van der Waals surface area contributed by atoms with Crippen LogP contribution in [0.4, 0.5) is 0 Å². The lowest BCUT2D eigenvalue weighted by Crippen LogP contribution is -2.01. The first kappa shape index (κ1) is 16.7. The van der Waals surface area contributed by atoms with Gasteiger partial charge >= 0.3 is 21.6 Å². The summed E-state index contributed by atoms with van der Waals surface area (Å²) in [6, 6.07) is 0. The van der Waals surface area contributed by atoms with Crippen molar-refractivity contribution in [1.82, 2.24) is 0 Å². The molecule has 0 radical (unpaired) electrons. The van der Waals surface area contributed by atoms with Crippen molar-refractivity contribution in [2.75, 3.05) is 0 Å². The smallest absolute Gasteiger partial charge is 0.475 e. The van der Waals surface area contributed by atoms with Gasteiger partial charge in [0.2, 0.25) is 5.76 Å². The van der Waals surface area contributed by atoms with Crippen LogP contribution in [0.2, 0.25) is 0 Å². The fourth-order valence-corrected chi connectivity index (χ4v) is 0.548. The second-order valence-electron chi connectivity index (χ2n) is 1.82. The standard InChI is InChI=1S/C3H5O6P.H3O4P/c1-2(3(4)5)9-10(6,7)8;1-5(2,3)4/h1H2,(H,4,5)(H2,6,7,8);(H3,1,2,3,4). The number of carbonyl (C=O) groups is 1. The molecule has 15 heavy (non-hydrogen) atoms. The Bertz CT molecular complexity index is 311. The minimum atomic E-state index is -4.76. The Balaban J connectivity index is 0. The van der Waals surface area contributed by atoms with Crippen molar-refractivity contribution in [2.24, 2.45) is 0 Å². The molecule has 0 bridgehead atoms. The summed E-state index contributed by atoms with van der Waals surface area (Å²) in [6.07, 6.45) is 0. The van der Waals surface area contributed by atoms with E-state index in [0.717, 1.165) is 0 Å². The van der Waals surface area contributed by atoms with Crippen LogP contribution in [0.3, 0.4) is 0 Å². The van der Waals surface area contributed by atoms with E-state index in [1.807, 2.05) is 0 Å². The van der Waals surface area contributed by atoms with Gasteiger partial charge in [-0.3, -0.25) is 9.79 Å². The molecule has 0 amide bonds. The maximum atomic E-state index is 9.89. The first-order chi connectivity index (χ1) is 6.33. The molecule has 6 N–H and O–H groups in total. The third-order valence-corrected chi connectivity index (χ3v) is 0.926. The molecule has 0 heterocycles. The molecular weight excluding hydrogens is 258 g/mol. The van der Waals surface area contributed by atoms with Gasteiger partial charge in [0.15, 0.2) is 0 Å². The number of carboxylic acid groups (broad SMARTS) is 1. The van der Waals surface area contributed by atoms with E-state index in [2.05, 4.69) is 11.1 Å². The molecule has 0 aromatic heterocycles. The Labute approximate surface area is 82.9 Å². The van der Waals surface area contributed by atoms with Crippen molar-refractivity contribution in [1.29, 1.82) is 0 Å². The van der Waals surface area contributed by atoms with E-state index >= 15 is 0 Å². The molecule has 0 aliphatic heterocycles. The van der Waals surface area contributed by atoms with Gasteiger partial charge in [0.1, 0.15) is 0 Å². The molecule has 0 rings (SSSR count). The van der Waals surface area contributed by atoms with Gasteiger partial charge in [-0.15, -0.1) is 0 Å². The predicted octanol–water partition coefficient (Wildman–Crippen LogP) is -1.23. The molecule has 0 spiro atoms. The van der Waals surface area contributed by atoms with Gasteiger partial charge in [0, 0.05) is 0 Å². The van der Waals surface area contributed by atoms with E-state index in [0.29, 0.717) is 0 Å². The van der Waals surface area contributed by atoms with E-state index in [4.69, 9.17) is 34.1 Å². The van der Waals surface area contributed by atoms with Crippen LogP contribution >= 0.6 is 15.6 Å². The van der Waals surface area contributed by atoms with E-state index in [-0.39, 0.29) is 0 Å². The quantitative estimate of drug-likeness (QED) is 0.205. The Morgan fingerprint density at radius 1 is 1.07 bits per heavy atom. The summed E-state index contributed by atoms with van der Waals surface area (Å²) in [7, 11) is -9.39. The summed E-state index contributed by atoms with van der Waals surface area (Å²) >= 11 is 0. The first-order valence-corrected chi connectivity index (χ1v) is 5.88. The zero-order chi connectivity index (χ0) is 12.9. The number of carboxylic acids is 1. The lowest BCUT2D eigenvalue weighted by atomic mass is 10.6. The third-order valence-electron chi connectivity index (χ3n) is 0.468. The molecule has 12 heteroatoms. The van der Waals surface area contributed by atoms with Crippen LogP contribution in [-0.4, -0.2) is 35.5 Å². The fraction of sp³-hybridized carbons (Fsp3) is 0. The molecule has 0 atom stereocenters. The first-order valence-electron chi connectivity index (χ1n) is 2.78. The largest absolute Gasteiger partial charge is 0.525 e. The van der Waals surface area contributed by atoms with Crippen molar-refractivity contribution < 1.29 is 48.0 Å². The van der Waals surface area contributed by atoms with E-state index in [1.165, 1.54) is 0 Å². The molecule has 0 aliphatic rings. The Morgan fingerprint density at radius 2 is 1.33 bits per heavy atom. The minimum Gasteiger partial charge on any atom is -0.475 e. The molecular formula is C3H8O10P2. The molecule has 10 nitrogen and oxygen atoms in total. The van der Waals surface area contributed by atoms with Crippen molar-refractivity contribution in [2.45, 2.75) is 0 Å². The summed E-state index contributed by atoms with van der Waals surface area (Å²) in [5.41, 5.74) is 0.